The zero-order chi connectivity index (χ0) is 14.7. The lowest BCUT2D eigenvalue weighted by Gasteiger charge is -2.03. The second kappa shape index (κ2) is 5.97. The van der Waals surface area contributed by atoms with E-state index in [2.05, 4.69) is 10.3 Å². The molecule has 0 fully saturated rings. The molecule has 0 saturated heterocycles. The molecule has 21 heavy (non-hydrogen) atoms. The third-order valence-corrected chi connectivity index (χ3v) is 3.41. The molecule has 1 N–H and O–H groups in total. The summed E-state index contributed by atoms with van der Waals surface area (Å²) in [5.41, 5.74) is 2.29. The Hall–Kier alpha value is -2.33. The average molecular weight is 300 g/mol. The van der Waals surface area contributed by atoms with Gasteiger partial charge in [-0.2, -0.15) is 0 Å². The molecule has 1 amide bonds. The molecule has 5 heteroatoms. The van der Waals surface area contributed by atoms with Gasteiger partial charge in [0.2, 0.25) is 0 Å². The summed E-state index contributed by atoms with van der Waals surface area (Å²) in [6.07, 6.45) is 4.20. The molecule has 0 unspecified atom stereocenters. The Morgan fingerprint density at radius 3 is 2.76 bits per heavy atom. The van der Waals surface area contributed by atoms with Crippen LogP contribution in [0.1, 0.15) is 16.1 Å². The number of imidazole rings is 1. The van der Waals surface area contributed by atoms with Gasteiger partial charge in [0, 0.05) is 18.9 Å². The molecule has 0 aliphatic carbocycles. The topological polar surface area (TPSA) is 46.4 Å². The van der Waals surface area contributed by atoms with E-state index in [0.717, 1.165) is 6.42 Å². The number of rotatable bonds is 4. The van der Waals surface area contributed by atoms with Gasteiger partial charge in [0.05, 0.1) is 5.02 Å². The predicted octanol–water partition coefficient (Wildman–Crippen LogP) is 2.96. The third-order valence-electron chi connectivity index (χ3n) is 3.19. The maximum atomic E-state index is 12.1. The standard InChI is InChI=1S/C16H14ClN3O/c17-13-6-7-15-19-14(11-20(15)10-13)16(21)18-9-8-12-4-2-1-3-5-12/h1-7,10-11H,8-9H2,(H,18,21). The molecule has 0 radical (unpaired) electrons. The number of aromatic nitrogens is 2. The largest absolute Gasteiger partial charge is 0.350 e. The first-order chi connectivity index (χ1) is 10.2. The molecular formula is C16H14ClN3O. The van der Waals surface area contributed by atoms with Crippen molar-refractivity contribution in [2.75, 3.05) is 6.54 Å². The van der Waals surface area contributed by atoms with Gasteiger partial charge in [-0.3, -0.25) is 4.79 Å². The fourth-order valence-corrected chi connectivity index (χ4v) is 2.30. The molecule has 0 bridgehead atoms. The quantitative estimate of drug-likeness (QED) is 0.805. The molecule has 3 aromatic rings. The first kappa shape index (κ1) is 13.6. The molecule has 4 nitrogen and oxygen atoms in total. The first-order valence-corrected chi connectivity index (χ1v) is 7.06. The van der Waals surface area contributed by atoms with Crippen molar-refractivity contribution in [3.8, 4) is 0 Å². The summed E-state index contributed by atoms with van der Waals surface area (Å²) >= 11 is 5.91. The summed E-state index contributed by atoms with van der Waals surface area (Å²) in [4.78, 5) is 16.3. The summed E-state index contributed by atoms with van der Waals surface area (Å²) in [5.74, 6) is -0.175. The third kappa shape index (κ3) is 3.23. The van der Waals surface area contributed by atoms with Crippen molar-refractivity contribution in [2.45, 2.75) is 6.42 Å². The van der Waals surface area contributed by atoms with Gasteiger partial charge in [0.15, 0.2) is 0 Å². The fourth-order valence-electron chi connectivity index (χ4n) is 2.13. The minimum Gasteiger partial charge on any atom is -0.350 e. The van der Waals surface area contributed by atoms with Crippen molar-refractivity contribution in [2.24, 2.45) is 0 Å². The summed E-state index contributed by atoms with van der Waals surface area (Å²) in [6, 6.07) is 13.6. The van der Waals surface area contributed by atoms with Crippen LogP contribution in [0.15, 0.2) is 54.9 Å². The Balaban J connectivity index is 1.64. The lowest BCUT2D eigenvalue weighted by atomic mass is 10.1. The molecule has 106 valence electrons. The summed E-state index contributed by atoms with van der Waals surface area (Å²) in [5, 5.41) is 3.48. The monoisotopic (exact) mass is 299 g/mol. The maximum Gasteiger partial charge on any atom is 0.271 e. The highest BCUT2D eigenvalue weighted by Gasteiger charge is 2.10. The van der Waals surface area contributed by atoms with Crippen LogP contribution in [0, 0.1) is 0 Å². The number of carbonyl (C=O) groups excluding carboxylic acids is 1. The minimum absolute atomic E-state index is 0.175. The molecule has 0 saturated carbocycles. The number of hydrogen-bond donors (Lipinski definition) is 1. The van der Waals surface area contributed by atoms with Crippen LogP contribution in [0.5, 0.6) is 0 Å². The van der Waals surface area contributed by atoms with E-state index in [4.69, 9.17) is 11.6 Å². The molecule has 0 aliphatic heterocycles. The van der Waals surface area contributed by atoms with Gasteiger partial charge < -0.3 is 9.72 Å². The number of nitrogens with zero attached hydrogens (tertiary/aromatic N) is 2. The molecule has 2 aromatic heterocycles. The Bertz CT molecular complexity index is 768. The van der Waals surface area contributed by atoms with Gasteiger partial charge in [-0.25, -0.2) is 4.98 Å². The van der Waals surface area contributed by atoms with E-state index >= 15 is 0 Å². The van der Waals surface area contributed by atoms with E-state index < -0.39 is 0 Å². The molecule has 0 spiro atoms. The normalized spacial score (nSPS) is 10.7. The number of halogens is 1. The van der Waals surface area contributed by atoms with Crippen molar-refractivity contribution in [3.05, 3.63) is 71.1 Å². The van der Waals surface area contributed by atoms with Gasteiger partial charge in [0.25, 0.3) is 5.91 Å². The van der Waals surface area contributed by atoms with E-state index in [1.165, 1.54) is 5.56 Å². The van der Waals surface area contributed by atoms with Crippen LogP contribution < -0.4 is 5.32 Å². The van der Waals surface area contributed by atoms with Crippen LogP contribution in [-0.4, -0.2) is 21.8 Å². The lowest BCUT2D eigenvalue weighted by Crippen LogP contribution is -2.25. The van der Waals surface area contributed by atoms with Gasteiger partial charge in [-0.05, 0) is 24.1 Å². The summed E-state index contributed by atoms with van der Waals surface area (Å²) < 4.78 is 1.74. The minimum atomic E-state index is -0.175. The van der Waals surface area contributed by atoms with Crippen molar-refractivity contribution in [3.63, 3.8) is 0 Å². The van der Waals surface area contributed by atoms with Crippen LogP contribution in [0.25, 0.3) is 5.65 Å². The van der Waals surface area contributed by atoms with E-state index in [1.54, 1.807) is 28.9 Å². The van der Waals surface area contributed by atoms with E-state index in [-0.39, 0.29) is 5.91 Å². The predicted molar refractivity (Wildman–Crippen MR) is 82.7 cm³/mol. The van der Waals surface area contributed by atoms with E-state index in [9.17, 15) is 4.79 Å². The Kier molecular flexibility index (Phi) is 3.88. The SMILES string of the molecule is O=C(NCCc1ccccc1)c1cn2cc(Cl)ccc2n1. The number of fused-ring (bicyclic) bond motifs is 1. The zero-order valence-corrected chi connectivity index (χ0v) is 12.0. The number of carbonyl (C=O) groups is 1. The molecule has 2 heterocycles. The highest BCUT2D eigenvalue weighted by Crippen LogP contribution is 2.11. The van der Waals surface area contributed by atoms with Crippen LogP contribution in [-0.2, 0) is 6.42 Å². The Morgan fingerprint density at radius 1 is 1.14 bits per heavy atom. The van der Waals surface area contributed by atoms with Crippen molar-refractivity contribution in [1.82, 2.24) is 14.7 Å². The van der Waals surface area contributed by atoms with Gasteiger partial charge in [0.1, 0.15) is 11.3 Å². The van der Waals surface area contributed by atoms with Gasteiger partial charge >= 0.3 is 0 Å². The number of hydrogen-bond acceptors (Lipinski definition) is 2. The second-order valence-electron chi connectivity index (χ2n) is 4.73. The van der Waals surface area contributed by atoms with Crippen molar-refractivity contribution in [1.29, 1.82) is 0 Å². The second-order valence-corrected chi connectivity index (χ2v) is 5.17. The average Bonchev–Trinajstić information content (AvgIpc) is 2.91. The number of amides is 1. The van der Waals surface area contributed by atoms with Crippen molar-refractivity contribution >= 4 is 23.2 Å². The Labute approximate surface area is 127 Å². The molecular weight excluding hydrogens is 286 g/mol. The molecule has 3 rings (SSSR count). The van der Waals surface area contributed by atoms with Crippen LogP contribution in [0.4, 0.5) is 0 Å². The fraction of sp³-hybridized carbons (Fsp3) is 0.125. The van der Waals surface area contributed by atoms with Gasteiger partial charge in [-0.15, -0.1) is 0 Å². The highest BCUT2D eigenvalue weighted by atomic mass is 35.5. The number of pyridine rings is 1. The maximum absolute atomic E-state index is 12.1. The molecule has 1 aromatic carbocycles. The number of benzene rings is 1. The first-order valence-electron chi connectivity index (χ1n) is 6.69. The summed E-state index contributed by atoms with van der Waals surface area (Å²) in [7, 11) is 0. The molecule has 0 aliphatic rings. The van der Waals surface area contributed by atoms with E-state index in [1.807, 2.05) is 30.3 Å². The lowest BCUT2D eigenvalue weighted by molar-refractivity contribution is 0.0950. The number of nitrogens with one attached hydrogen (secondary N) is 1. The van der Waals surface area contributed by atoms with Crippen LogP contribution in [0.2, 0.25) is 5.02 Å². The van der Waals surface area contributed by atoms with Crippen LogP contribution in [0.3, 0.4) is 0 Å². The molecule has 0 atom stereocenters. The Morgan fingerprint density at radius 2 is 1.95 bits per heavy atom. The van der Waals surface area contributed by atoms with Gasteiger partial charge in [-0.1, -0.05) is 41.9 Å². The zero-order valence-electron chi connectivity index (χ0n) is 11.3. The highest BCUT2D eigenvalue weighted by molar-refractivity contribution is 6.30. The smallest absolute Gasteiger partial charge is 0.271 e. The van der Waals surface area contributed by atoms with Crippen LogP contribution >= 0.6 is 11.6 Å². The van der Waals surface area contributed by atoms with Crippen molar-refractivity contribution < 1.29 is 4.79 Å². The van der Waals surface area contributed by atoms with E-state index in [0.29, 0.717) is 22.9 Å². The summed E-state index contributed by atoms with van der Waals surface area (Å²) in [6.45, 7) is 0.581.